The van der Waals surface area contributed by atoms with Crippen LogP contribution in [0.25, 0.3) is 10.2 Å². The number of hydrogen-bond donors (Lipinski definition) is 2. The smallest absolute Gasteiger partial charge is 0.288 e. The molecule has 0 atom stereocenters. The number of hydrazine groups is 1. The van der Waals surface area contributed by atoms with Gasteiger partial charge in [0.15, 0.2) is 5.01 Å². The molecule has 0 aliphatic heterocycles. The average Bonchev–Trinajstić information content (AvgIpc) is 2.59. The molecular weight excluding hydrogens is 224 g/mol. The van der Waals surface area contributed by atoms with Crippen LogP contribution >= 0.6 is 22.9 Å². The molecule has 1 amide bonds. The number of carbonyl (C=O) groups excluding carboxylic acids is 1. The van der Waals surface area contributed by atoms with Crippen molar-refractivity contribution < 1.29 is 4.79 Å². The zero-order valence-corrected chi connectivity index (χ0v) is 8.39. The topological polar surface area (TPSA) is 80.9 Å². The van der Waals surface area contributed by atoms with Crippen LogP contribution < -0.4 is 11.3 Å². The van der Waals surface area contributed by atoms with Crippen molar-refractivity contribution in [1.29, 1.82) is 0 Å². The van der Waals surface area contributed by atoms with Crippen LogP contribution in [0.3, 0.4) is 0 Å². The van der Waals surface area contributed by atoms with Gasteiger partial charge in [0.1, 0.15) is 10.7 Å². The van der Waals surface area contributed by atoms with E-state index in [0.29, 0.717) is 15.7 Å². The Hall–Kier alpha value is -1.24. The molecule has 72 valence electrons. The number of amides is 1. The predicted octanol–water partition coefficient (Wildman–Crippen LogP) is 0.948. The summed E-state index contributed by atoms with van der Waals surface area (Å²) in [6.07, 6.45) is 1.52. The molecule has 0 saturated heterocycles. The van der Waals surface area contributed by atoms with E-state index in [1.807, 2.05) is 5.43 Å². The molecule has 0 spiro atoms. The van der Waals surface area contributed by atoms with Crippen molar-refractivity contribution in [3.63, 3.8) is 0 Å². The molecule has 2 aromatic heterocycles. The van der Waals surface area contributed by atoms with Gasteiger partial charge in [0.2, 0.25) is 0 Å². The molecular formula is C7H5ClN4OS. The number of rotatable bonds is 1. The average molecular weight is 229 g/mol. The number of nitrogens with one attached hydrogen (secondary N) is 1. The number of nitrogens with two attached hydrogens (primary N) is 1. The highest BCUT2D eigenvalue weighted by Crippen LogP contribution is 2.23. The van der Waals surface area contributed by atoms with Crippen molar-refractivity contribution >= 4 is 39.1 Å². The normalized spacial score (nSPS) is 10.4. The maximum atomic E-state index is 11.1. The lowest BCUT2D eigenvalue weighted by Crippen LogP contribution is -2.29. The maximum Gasteiger partial charge on any atom is 0.294 e. The molecule has 0 saturated carbocycles. The Balaban J connectivity index is 2.56. The Morgan fingerprint density at radius 3 is 3.14 bits per heavy atom. The monoisotopic (exact) mass is 228 g/mol. The third-order valence-electron chi connectivity index (χ3n) is 1.57. The fourth-order valence-corrected chi connectivity index (χ4v) is 2.07. The number of hydrogen-bond acceptors (Lipinski definition) is 5. The van der Waals surface area contributed by atoms with Crippen LogP contribution in [0, 0.1) is 0 Å². The SMILES string of the molecule is NNC(=O)c1nc2cnc(Cl)cc2s1. The molecule has 0 bridgehead atoms. The summed E-state index contributed by atoms with van der Waals surface area (Å²) < 4.78 is 0.809. The molecule has 0 radical (unpaired) electrons. The standard InChI is InChI=1S/C7H5ClN4OS/c8-5-1-4-3(2-10-5)11-7(14-4)6(13)12-9/h1-2H,9H2,(H,12,13). The fourth-order valence-electron chi connectivity index (χ4n) is 0.967. The van der Waals surface area contributed by atoms with Crippen LogP contribution in [-0.2, 0) is 0 Å². The van der Waals surface area contributed by atoms with Gasteiger partial charge in [-0.15, -0.1) is 11.3 Å². The van der Waals surface area contributed by atoms with Crippen LogP contribution in [0.1, 0.15) is 9.80 Å². The number of halogens is 1. The summed E-state index contributed by atoms with van der Waals surface area (Å²) in [4.78, 5) is 19.0. The third-order valence-corrected chi connectivity index (χ3v) is 2.79. The summed E-state index contributed by atoms with van der Waals surface area (Å²) in [6.45, 7) is 0. The zero-order chi connectivity index (χ0) is 10.1. The highest BCUT2D eigenvalue weighted by Gasteiger charge is 2.10. The molecule has 0 aliphatic carbocycles. The lowest BCUT2D eigenvalue weighted by molar-refractivity contribution is 0.0953. The lowest BCUT2D eigenvalue weighted by atomic mass is 10.4. The van der Waals surface area contributed by atoms with E-state index in [-0.39, 0.29) is 0 Å². The van der Waals surface area contributed by atoms with Crippen LogP contribution in [0.15, 0.2) is 12.3 Å². The second-order valence-corrected chi connectivity index (χ2v) is 3.89. The molecule has 2 aromatic rings. The largest absolute Gasteiger partial charge is 0.294 e. The van der Waals surface area contributed by atoms with Crippen LogP contribution in [0.5, 0.6) is 0 Å². The summed E-state index contributed by atoms with van der Waals surface area (Å²) in [5, 5.41) is 0.674. The van der Waals surface area contributed by atoms with E-state index in [4.69, 9.17) is 17.4 Å². The van der Waals surface area contributed by atoms with Crippen LogP contribution in [-0.4, -0.2) is 15.9 Å². The van der Waals surface area contributed by atoms with Gasteiger partial charge in [-0.1, -0.05) is 11.6 Å². The van der Waals surface area contributed by atoms with Gasteiger partial charge in [0.25, 0.3) is 5.91 Å². The van der Waals surface area contributed by atoms with Crippen molar-refractivity contribution in [2.75, 3.05) is 0 Å². The van der Waals surface area contributed by atoms with Crippen molar-refractivity contribution in [3.8, 4) is 0 Å². The Morgan fingerprint density at radius 2 is 2.43 bits per heavy atom. The van der Waals surface area contributed by atoms with Gasteiger partial charge < -0.3 is 0 Å². The van der Waals surface area contributed by atoms with Gasteiger partial charge in [-0.25, -0.2) is 15.8 Å². The van der Waals surface area contributed by atoms with E-state index < -0.39 is 5.91 Å². The predicted molar refractivity (Wildman–Crippen MR) is 54.1 cm³/mol. The van der Waals surface area contributed by atoms with Gasteiger partial charge in [0.05, 0.1) is 10.9 Å². The molecule has 2 heterocycles. The second kappa shape index (κ2) is 3.49. The molecule has 0 aliphatic rings. The summed E-state index contributed by atoms with van der Waals surface area (Å²) in [7, 11) is 0. The third kappa shape index (κ3) is 1.54. The number of aromatic nitrogens is 2. The molecule has 2 rings (SSSR count). The van der Waals surface area contributed by atoms with E-state index in [1.54, 1.807) is 6.07 Å². The van der Waals surface area contributed by atoms with Crippen molar-refractivity contribution in [3.05, 3.63) is 22.4 Å². The first-order chi connectivity index (χ1) is 6.70. The minimum atomic E-state index is -0.415. The molecule has 3 N–H and O–H groups in total. The quantitative estimate of drug-likeness (QED) is 0.330. The minimum absolute atomic E-state index is 0.298. The van der Waals surface area contributed by atoms with Crippen molar-refractivity contribution in [2.24, 2.45) is 5.84 Å². The molecule has 0 aromatic carbocycles. The van der Waals surface area contributed by atoms with E-state index in [0.717, 1.165) is 4.70 Å². The summed E-state index contributed by atoms with van der Waals surface area (Å²) >= 11 is 6.90. The zero-order valence-electron chi connectivity index (χ0n) is 6.82. The van der Waals surface area contributed by atoms with Gasteiger partial charge in [-0.05, 0) is 6.07 Å². The first-order valence-electron chi connectivity index (χ1n) is 3.64. The first kappa shape index (κ1) is 9.32. The van der Waals surface area contributed by atoms with E-state index >= 15 is 0 Å². The Labute approximate surface area is 87.9 Å². The maximum absolute atomic E-state index is 11.1. The molecule has 14 heavy (non-hydrogen) atoms. The minimum Gasteiger partial charge on any atom is -0.288 e. The summed E-state index contributed by atoms with van der Waals surface area (Å²) in [5.41, 5.74) is 2.65. The summed E-state index contributed by atoms with van der Waals surface area (Å²) in [5.74, 6) is 4.57. The highest BCUT2D eigenvalue weighted by molar-refractivity contribution is 7.20. The van der Waals surface area contributed by atoms with Crippen LogP contribution in [0.4, 0.5) is 0 Å². The molecule has 0 unspecified atom stereocenters. The van der Waals surface area contributed by atoms with Gasteiger partial charge in [-0.3, -0.25) is 10.2 Å². The fraction of sp³-hybridized carbons (Fsp3) is 0. The lowest BCUT2D eigenvalue weighted by Gasteiger charge is -1.89. The Bertz CT molecular complexity index is 497. The van der Waals surface area contributed by atoms with Gasteiger partial charge >= 0.3 is 0 Å². The van der Waals surface area contributed by atoms with Crippen LogP contribution in [0.2, 0.25) is 5.15 Å². The van der Waals surface area contributed by atoms with E-state index in [2.05, 4.69) is 9.97 Å². The highest BCUT2D eigenvalue weighted by atomic mass is 35.5. The number of pyridine rings is 1. The summed E-state index contributed by atoms with van der Waals surface area (Å²) in [6, 6.07) is 1.65. The number of thiazole rings is 1. The number of carbonyl (C=O) groups is 1. The van der Waals surface area contributed by atoms with E-state index in [1.165, 1.54) is 17.5 Å². The Kier molecular flexibility index (Phi) is 2.32. The van der Waals surface area contributed by atoms with Gasteiger partial charge in [-0.2, -0.15) is 0 Å². The molecule has 7 heteroatoms. The van der Waals surface area contributed by atoms with E-state index in [9.17, 15) is 4.79 Å². The second-order valence-electron chi connectivity index (χ2n) is 2.47. The number of nitrogen functional groups attached to an aromatic ring is 1. The molecule has 5 nitrogen and oxygen atoms in total. The van der Waals surface area contributed by atoms with Gasteiger partial charge in [0, 0.05) is 0 Å². The molecule has 0 fully saturated rings. The van der Waals surface area contributed by atoms with Crippen molar-refractivity contribution in [2.45, 2.75) is 0 Å². The van der Waals surface area contributed by atoms with Crippen molar-refractivity contribution in [1.82, 2.24) is 15.4 Å². The first-order valence-corrected chi connectivity index (χ1v) is 4.83. The Morgan fingerprint density at radius 1 is 1.64 bits per heavy atom. The number of nitrogens with zero attached hydrogens (tertiary/aromatic N) is 2. The number of fused-ring (bicyclic) bond motifs is 1.